The minimum absolute atomic E-state index is 0.177. The van der Waals surface area contributed by atoms with E-state index in [-0.39, 0.29) is 17.1 Å². The van der Waals surface area contributed by atoms with Crippen LogP contribution in [0.3, 0.4) is 0 Å². The minimum Gasteiger partial charge on any atom is -0.376 e. The summed E-state index contributed by atoms with van der Waals surface area (Å²) in [5.74, 6) is -0.410. The summed E-state index contributed by atoms with van der Waals surface area (Å²) in [5, 5.41) is 5.35. The molecule has 0 bridgehead atoms. The summed E-state index contributed by atoms with van der Waals surface area (Å²) in [4.78, 5) is 12.2. The van der Waals surface area contributed by atoms with E-state index in [0.717, 1.165) is 18.4 Å². The van der Waals surface area contributed by atoms with Gasteiger partial charge in [0.05, 0.1) is 23.0 Å². The topological polar surface area (TPSA) is 75.3 Å². The van der Waals surface area contributed by atoms with Crippen LogP contribution in [-0.4, -0.2) is 27.1 Å². The van der Waals surface area contributed by atoms with Gasteiger partial charge in [0.2, 0.25) is 5.91 Å². The number of benzene rings is 2. The predicted octanol–water partition coefficient (Wildman–Crippen LogP) is 3.40. The van der Waals surface area contributed by atoms with Crippen LogP contribution in [-0.2, 0) is 20.8 Å². The molecule has 2 aromatic rings. The molecular weight excluding hydrogens is 381 g/mol. The zero-order chi connectivity index (χ0) is 20.2. The van der Waals surface area contributed by atoms with Gasteiger partial charge in [0.25, 0.3) is 0 Å². The number of amides is 1. The first-order valence-electron chi connectivity index (χ1n) is 7.97. The molecule has 0 aliphatic carbocycles. The second kappa shape index (κ2) is 7.99. The molecule has 0 fully saturated rings. The number of nitrogens with one attached hydrogen (secondary N) is 2. The molecule has 2 rings (SSSR count). The summed E-state index contributed by atoms with van der Waals surface area (Å²) >= 11 is 0. The van der Waals surface area contributed by atoms with E-state index in [1.54, 1.807) is 19.1 Å². The number of alkyl halides is 3. The highest BCUT2D eigenvalue weighted by molar-refractivity contribution is 7.90. The van der Waals surface area contributed by atoms with Crippen molar-refractivity contribution in [2.24, 2.45) is 0 Å². The van der Waals surface area contributed by atoms with Gasteiger partial charge in [-0.1, -0.05) is 18.2 Å². The van der Waals surface area contributed by atoms with E-state index in [0.29, 0.717) is 5.56 Å². The molecule has 0 saturated heterocycles. The molecule has 146 valence electrons. The van der Waals surface area contributed by atoms with Gasteiger partial charge in [-0.25, -0.2) is 8.42 Å². The Kier molecular flexibility index (Phi) is 6.15. The van der Waals surface area contributed by atoms with Crippen LogP contribution in [0.15, 0.2) is 53.4 Å². The van der Waals surface area contributed by atoms with Crippen molar-refractivity contribution in [1.29, 1.82) is 0 Å². The highest BCUT2D eigenvalue weighted by Gasteiger charge is 2.30. The van der Waals surface area contributed by atoms with E-state index in [2.05, 4.69) is 10.6 Å². The lowest BCUT2D eigenvalue weighted by Gasteiger charge is -2.16. The van der Waals surface area contributed by atoms with E-state index in [1.165, 1.54) is 24.3 Å². The van der Waals surface area contributed by atoms with Crippen molar-refractivity contribution in [3.63, 3.8) is 0 Å². The van der Waals surface area contributed by atoms with Crippen LogP contribution in [0.4, 0.5) is 18.9 Å². The van der Waals surface area contributed by atoms with Gasteiger partial charge in [0.1, 0.15) is 0 Å². The molecule has 1 atom stereocenters. The molecule has 0 saturated carbocycles. The molecule has 1 unspecified atom stereocenters. The largest absolute Gasteiger partial charge is 0.416 e. The quantitative estimate of drug-likeness (QED) is 0.779. The van der Waals surface area contributed by atoms with Gasteiger partial charge in [0.15, 0.2) is 9.84 Å². The van der Waals surface area contributed by atoms with Crippen LogP contribution >= 0.6 is 0 Å². The zero-order valence-electron chi connectivity index (χ0n) is 14.7. The third kappa shape index (κ3) is 5.99. The van der Waals surface area contributed by atoms with Gasteiger partial charge in [-0.05, 0) is 42.8 Å². The maximum atomic E-state index is 12.7. The van der Waals surface area contributed by atoms with E-state index >= 15 is 0 Å². The number of carbonyl (C=O) groups excluding carboxylic acids is 1. The lowest BCUT2D eigenvalue weighted by molar-refractivity contribution is -0.137. The second-order valence-electron chi connectivity index (χ2n) is 6.06. The predicted molar refractivity (Wildman–Crippen MR) is 96.0 cm³/mol. The normalized spacial score (nSPS) is 13.1. The molecule has 27 heavy (non-hydrogen) atoms. The average molecular weight is 400 g/mol. The maximum absolute atomic E-state index is 12.7. The Balaban J connectivity index is 1.94. The fraction of sp³-hybridized carbons (Fsp3) is 0.278. The Hall–Kier alpha value is -2.55. The highest BCUT2D eigenvalue weighted by Crippen LogP contribution is 2.30. The summed E-state index contributed by atoms with van der Waals surface area (Å²) in [6.07, 6.45) is -3.35. The number of hydrogen-bond acceptors (Lipinski definition) is 4. The summed E-state index contributed by atoms with van der Waals surface area (Å²) < 4.78 is 60.9. The minimum atomic E-state index is -4.45. The molecule has 2 N–H and O–H groups in total. The summed E-state index contributed by atoms with van der Waals surface area (Å²) in [6, 6.07) is 10.3. The lowest BCUT2D eigenvalue weighted by atomic mass is 10.1. The van der Waals surface area contributed by atoms with Crippen molar-refractivity contribution in [2.75, 3.05) is 18.1 Å². The SMILES string of the molecule is CC(NC(=O)CNc1cccc(C(F)(F)F)c1)c1ccc(S(C)(=O)=O)cc1. The fourth-order valence-electron chi connectivity index (χ4n) is 2.37. The summed E-state index contributed by atoms with van der Waals surface area (Å²) in [5.41, 5.74) is 0.0900. The van der Waals surface area contributed by atoms with Crippen molar-refractivity contribution in [3.05, 3.63) is 59.7 Å². The van der Waals surface area contributed by atoms with Gasteiger partial charge < -0.3 is 10.6 Å². The molecule has 0 spiro atoms. The van der Waals surface area contributed by atoms with Crippen molar-refractivity contribution < 1.29 is 26.4 Å². The van der Waals surface area contributed by atoms with Gasteiger partial charge in [-0.15, -0.1) is 0 Å². The van der Waals surface area contributed by atoms with Crippen molar-refractivity contribution in [1.82, 2.24) is 5.32 Å². The number of sulfone groups is 1. The third-order valence-electron chi connectivity index (χ3n) is 3.83. The monoisotopic (exact) mass is 400 g/mol. The number of anilines is 1. The number of rotatable bonds is 6. The summed E-state index contributed by atoms with van der Waals surface area (Å²) in [7, 11) is -3.30. The second-order valence-corrected chi connectivity index (χ2v) is 8.08. The first-order valence-corrected chi connectivity index (χ1v) is 9.86. The maximum Gasteiger partial charge on any atom is 0.416 e. The van der Waals surface area contributed by atoms with E-state index < -0.39 is 33.5 Å². The van der Waals surface area contributed by atoms with Crippen LogP contribution in [0, 0.1) is 0 Å². The molecule has 0 aromatic heterocycles. The van der Waals surface area contributed by atoms with Gasteiger partial charge in [0, 0.05) is 11.9 Å². The van der Waals surface area contributed by atoms with E-state index in [4.69, 9.17) is 0 Å². The van der Waals surface area contributed by atoms with Crippen LogP contribution in [0.5, 0.6) is 0 Å². The Morgan fingerprint density at radius 3 is 2.30 bits per heavy atom. The molecule has 0 radical (unpaired) electrons. The van der Waals surface area contributed by atoms with Gasteiger partial charge >= 0.3 is 6.18 Å². The van der Waals surface area contributed by atoms with Crippen LogP contribution in [0.1, 0.15) is 24.1 Å². The third-order valence-corrected chi connectivity index (χ3v) is 4.96. The van der Waals surface area contributed by atoms with Gasteiger partial charge in [-0.2, -0.15) is 13.2 Å². The molecule has 1 amide bonds. The molecule has 9 heteroatoms. The first kappa shape index (κ1) is 20.8. The highest BCUT2D eigenvalue weighted by atomic mass is 32.2. The average Bonchev–Trinajstić information content (AvgIpc) is 2.59. The standard InChI is InChI=1S/C18H19F3N2O3S/c1-12(13-6-8-16(9-7-13)27(2,25)26)23-17(24)11-22-15-5-3-4-14(10-15)18(19,20)21/h3-10,12,22H,11H2,1-2H3,(H,23,24). The van der Waals surface area contributed by atoms with E-state index in [9.17, 15) is 26.4 Å². The van der Waals surface area contributed by atoms with Crippen molar-refractivity contribution in [3.8, 4) is 0 Å². The van der Waals surface area contributed by atoms with Crippen molar-refractivity contribution >= 4 is 21.4 Å². The molecule has 0 aliphatic heterocycles. The molecule has 5 nitrogen and oxygen atoms in total. The Labute approximate surface area is 155 Å². The Morgan fingerprint density at radius 1 is 1.11 bits per heavy atom. The molecule has 2 aromatic carbocycles. The summed E-state index contributed by atoms with van der Waals surface area (Å²) in [6.45, 7) is 1.52. The molecule has 0 heterocycles. The number of halogens is 3. The van der Waals surface area contributed by atoms with Crippen LogP contribution < -0.4 is 10.6 Å². The molecule has 0 aliphatic rings. The number of hydrogen-bond donors (Lipinski definition) is 2. The molecular formula is C18H19F3N2O3S. The number of carbonyl (C=O) groups is 1. The lowest BCUT2D eigenvalue weighted by Crippen LogP contribution is -2.32. The smallest absolute Gasteiger partial charge is 0.376 e. The van der Waals surface area contributed by atoms with E-state index in [1.807, 2.05) is 0 Å². The van der Waals surface area contributed by atoms with Crippen LogP contribution in [0.25, 0.3) is 0 Å². The Bertz CT molecular complexity index is 910. The first-order chi connectivity index (χ1) is 12.5. The fourth-order valence-corrected chi connectivity index (χ4v) is 3.00. The van der Waals surface area contributed by atoms with Crippen molar-refractivity contribution in [2.45, 2.75) is 24.0 Å². The van der Waals surface area contributed by atoms with Crippen LogP contribution in [0.2, 0.25) is 0 Å². The Morgan fingerprint density at radius 2 is 1.74 bits per heavy atom. The zero-order valence-corrected chi connectivity index (χ0v) is 15.5. The van der Waals surface area contributed by atoms with Gasteiger partial charge in [-0.3, -0.25) is 4.79 Å².